The number of hydrogen-bond acceptors (Lipinski definition) is 1. The molecule has 0 saturated carbocycles. The number of carbonyl (C=O) groups is 1. The standard InChI is InChI=1S/C9H16O2/c1-3-5-8(4-2)6-7-9(10)11/h6-8H,3-5H2,1-2H3,(H,10,11)/b7-6+. The summed E-state index contributed by atoms with van der Waals surface area (Å²) in [5, 5.41) is 8.34. The van der Waals surface area contributed by atoms with E-state index in [9.17, 15) is 4.79 Å². The van der Waals surface area contributed by atoms with Crippen LogP contribution in [0.5, 0.6) is 0 Å². The van der Waals surface area contributed by atoms with Gasteiger partial charge in [0, 0.05) is 6.08 Å². The SMILES string of the molecule is CCCC(/C=C/C(=O)O)CC. The Labute approximate surface area is 67.9 Å². The quantitative estimate of drug-likeness (QED) is 0.621. The molecule has 0 rings (SSSR count). The van der Waals surface area contributed by atoms with Gasteiger partial charge >= 0.3 is 5.97 Å². The molecule has 0 amide bonds. The molecule has 0 aliphatic heterocycles. The lowest BCUT2D eigenvalue weighted by atomic mass is 10.0. The fraction of sp³-hybridized carbons (Fsp3) is 0.667. The molecule has 0 aromatic rings. The molecule has 0 heterocycles. The molecule has 0 aliphatic carbocycles. The predicted molar refractivity (Wildman–Crippen MR) is 45.5 cm³/mol. The molecule has 1 N–H and O–H groups in total. The summed E-state index contributed by atoms with van der Waals surface area (Å²) < 4.78 is 0. The van der Waals surface area contributed by atoms with E-state index >= 15 is 0 Å². The van der Waals surface area contributed by atoms with Crippen molar-refractivity contribution in [3.8, 4) is 0 Å². The van der Waals surface area contributed by atoms with Crippen LogP contribution in [0.4, 0.5) is 0 Å². The molecule has 0 aliphatic rings. The van der Waals surface area contributed by atoms with E-state index < -0.39 is 5.97 Å². The summed E-state index contributed by atoms with van der Waals surface area (Å²) in [7, 11) is 0. The van der Waals surface area contributed by atoms with Crippen LogP contribution in [0, 0.1) is 5.92 Å². The van der Waals surface area contributed by atoms with Gasteiger partial charge in [-0.2, -0.15) is 0 Å². The maximum Gasteiger partial charge on any atom is 0.327 e. The number of aliphatic carboxylic acids is 1. The second-order valence-corrected chi connectivity index (χ2v) is 2.65. The fourth-order valence-electron chi connectivity index (χ4n) is 1.03. The van der Waals surface area contributed by atoms with Gasteiger partial charge in [-0.3, -0.25) is 0 Å². The van der Waals surface area contributed by atoms with Gasteiger partial charge in [0.25, 0.3) is 0 Å². The summed E-state index contributed by atoms with van der Waals surface area (Å²) >= 11 is 0. The van der Waals surface area contributed by atoms with Crippen molar-refractivity contribution in [2.24, 2.45) is 5.92 Å². The highest BCUT2D eigenvalue weighted by Crippen LogP contribution is 2.11. The van der Waals surface area contributed by atoms with E-state index in [2.05, 4.69) is 13.8 Å². The number of allylic oxidation sites excluding steroid dienone is 1. The molecule has 0 radical (unpaired) electrons. The molecular formula is C9H16O2. The van der Waals surface area contributed by atoms with Crippen molar-refractivity contribution in [3.63, 3.8) is 0 Å². The molecule has 0 aromatic carbocycles. The highest BCUT2D eigenvalue weighted by atomic mass is 16.4. The summed E-state index contributed by atoms with van der Waals surface area (Å²) in [5.41, 5.74) is 0. The summed E-state index contributed by atoms with van der Waals surface area (Å²) in [6.07, 6.45) is 6.25. The van der Waals surface area contributed by atoms with Crippen molar-refractivity contribution in [1.29, 1.82) is 0 Å². The molecule has 11 heavy (non-hydrogen) atoms. The Kier molecular flexibility index (Phi) is 5.53. The van der Waals surface area contributed by atoms with Gasteiger partial charge in [-0.1, -0.05) is 26.3 Å². The van der Waals surface area contributed by atoms with Crippen molar-refractivity contribution in [2.75, 3.05) is 0 Å². The molecular weight excluding hydrogens is 140 g/mol. The first kappa shape index (κ1) is 10.2. The molecule has 0 fully saturated rings. The Hall–Kier alpha value is -0.790. The molecule has 0 spiro atoms. The largest absolute Gasteiger partial charge is 0.478 e. The Balaban J connectivity index is 3.76. The average molecular weight is 156 g/mol. The minimum absolute atomic E-state index is 0.441. The van der Waals surface area contributed by atoms with Crippen molar-refractivity contribution in [2.45, 2.75) is 33.1 Å². The van der Waals surface area contributed by atoms with E-state index in [0.29, 0.717) is 5.92 Å². The molecule has 0 saturated heterocycles. The van der Waals surface area contributed by atoms with Crippen LogP contribution >= 0.6 is 0 Å². The molecule has 2 nitrogen and oxygen atoms in total. The van der Waals surface area contributed by atoms with Crippen molar-refractivity contribution < 1.29 is 9.90 Å². The average Bonchev–Trinajstić information content (AvgIpc) is 1.97. The third kappa shape index (κ3) is 5.64. The zero-order valence-corrected chi connectivity index (χ0v) is 7.21. The zero-order valence-electron chi connectivity index (χ0n) is 7.21. The number of rotatable bonds is 5. The highest BCUT2D eigenvalue weighted by Gasteiger charge is 1.99. The van der Waals surface area contributed by atoms with E-state index in [1.54, 1.807) is 6.08 Å². The Morgan fingerprint density at radius 1 is 1.55 bits per heavy atom. The predicted octanol–water partition coefficient (Wildman–Crippen LogP) is 2.45. The lowest BCUT2D eigenvalue weighted by molar-refractivity contribution is -0.131. The number of hydrogen-bond donors (Lipinski definition) is 1. The Morgan fingerprint density at radius 3 is 2.55 bits per heavy atom. The maximum atomic E-state index is 10.1. The van der Waals surface area contributed by atoms with Gasteiger partial charge in [0.15, 0.2) is 0 Å². The van der Waals surface area contributed by atoms with E-state index in [1.807, 2.05) is 0 Å². The molecule has 1 atom stereocenters. The second kappa shape index (κ2) is 5.96. The molecule has 2 heteroatoms. The summed E-state index contributed by atoms with van der Waals surface area (Å²) in [6.45, 7) is 4.18. The Morgan fingerprint density at radius 2 is 2.18 bits per heavy atom. The minimum atomic E-state index is -0.848. The number of carboxylic acid groups (broad SMARTS) is 1. The van der Waals surface area contributed by atoms with Crippen molar-refractivity contribution in [3.05, 3.63) is 12.2 Å². The minimum Gasteiger partial charge on any atom is -0.478 e. The Bertz CT molecular complexity index is 138. The molecule has 64 valence electrons. The van der Waals surface area contributed by atoms with Crippen LogP contribution in [0.2, 0.25) is 0 Å². The van der Waals surface area contributed by atoms with Crippen LogP contribution in [0.1, 0.15) is 33.1 Å². The monoisotopic (exact) mass is 156 g/mol. The third-order valence-electron chi connectivity index (χ3n) is 1.69. The van der Waals surface area contributed by atoms with Gasteiger partial charge in [0.2, 0.25) is 0 Å². The van der Waals surface area contributed by atoms with Gasteiger partial charge in [-0.05, 0) is 18.8 Å². The van der Waals surface area contributed by atoms with Gasteiger partial charge in [0.1, 0.15) is 0 Å². The first-order valence-electron chi connectivity index (χ1n) is 4.11. The van der Waals surface area contributed by atoms with Crippen LogP contribution in [0.3, 0.4) is 0 Å². The van der Waals surface area contributed by atoms with Gasteiger partial charge in [-0.15, -0.1) is 0 Å². The third-order valence-corrected chi connectivity index (χ3v) is 1.69. The highest BCUT2D eigenvalue weighted by molar-refractivity contribution is 5.79. The molecule has 0 aromatic heterocycles. The molecule has 0 bridgehead atoms. The summed E-state index contributed by atoms with van der Waals surface area (Å²) in [4.78, 5) is 10.1. The topological polar surface area (TPSA) is 37.3 Å². The zero-order chi connectivity index (χ0) is 8.69. The van der Waals surface area contributed by atoms with Crippen LogP contribution in [-0.2, 0) is 4.79 Å². The van der Waals surface area contributed by atoms with Crippen molar-refractivity contribution in [1.82, 2.24) is 0 Å². The van der Waals surface area contributed by atoms with Crippen LogP contribution in [0.15, 0.2) is 12.2 Å². The van der Waals surface area contributed by atoms with Gasteiger partial charge in [-0.25, -0.2) is 4.79 Å². The van der Waals surface area contributed by atoms with Crippen LogP contribution in [-0.4, -0.2) is 11.1 Å². The normalized spacial score (nSPS) is 13.6. The van der Waals surface area contributed by atoms with Crippen molar-refractivity contribution >= 4 is 5.97 Å². The summed E-state index contributed by atoms with van der Waals surface area (Å²) in [6, 6.07) is 0. The number of carboxylic acids is 1. The second-order valence-electron chi connectivity index (χ2n) is 2.65. The van der Waals surface area contributed by atoms with Crippen LogP contribution < -0.4 is 0 Å². The smallest absolute Gasteiger partial charge is 0.327 e. The summed E-state index contributed by atoms with van der Waals surface area (Å²) in [5.74, 6) is -0.407. The van der Waals surface area contributed by atoms with Crippen LogP contribution in [0.25, 0.3) is 0 Å². The first-order valence-corrected chi connectivity index (χ1v) is 4.11. The van der Waals surface area contributed by atoms with Gasteiger partial charge in [0.05, 0.1) is 0 Å². The lowest BCUT2D eigenvalue weighted by Gasteiger charge is -2.05. The van der Waals surface area contributed by atoms with E-state index in [1.165, 1.54) is 6.08 Å². The fourth-order valence-corrected chi connectivity index (χ4v) is 1.03. The van der Waals surface area contributed by atoms with E-state index in [0.717, 1.165) is 19.3 Å². The lowest BCUT2D eigenvalue weighted by Crippen LogP contribution is -1.95. The maximum absolute atomic E-state index is 10.1. The van der Waals surface area contributed by atoms with E-state index in [4.69, 9.17) is 5.11 Å². The first-order chi connectivity index (χ1) is 5.20. The van der Waals surface area contributed by atoms with E-state index in [-0.39, 0.29) is 0 Å². The van der Waals surface area contributed by atoms with Gasteiger partial charge < -0.3 is 5.11 Å². The molecule has 1 unspecified atom stereocenters.